The van der Waals surface area contributed by atoms with Crippen LogP contribution in [0.2, 0.25) is 0 Å². The van der Waals surface area contributed by atoms with E-state index >= 15 is 0 Å². The van der Waals surface area contributed by atoms with Crippen molar-refractivity contribution in [3.8, 4) is 6.07 Å². The molecule has 0 aromatic heterocycles. The highest BCUT2D eigenvalue weighted by Crippen LogP contribution is 2.28. The maximum Gasteiger partial charge on any atom is 0.251 e. The lowest BCUT2D eigenvalue weighted by atomic mass is 10.2. The van der Waals surface area contributed by atoms with Crippen molar-refractivity contribution in [2.24, 2.45) is 0 Å². The quantitative estimate of drug-likeness (QED) is 0.750. The zero-order valence-electron chi connectivity index (χ0n) is 13.7. The van der Waals surface area contributed by atoms with Crippen molar-refractivity contribution in [1.29, 1.82) is 5.26 Å². The summed E-state index contributed by atoms with van der Waals surface area (Å²) in [6.45, 7) is 0. The normalized spacial score (nSPS) is 20.5. The Kier molecular flexibility index (Phi) is 6.69. The fraction of sp³-hybridized carbons (Fsp3) is 0.529. The molecule has 1 aliphatic carbocycles. The summed E-state index contributed by atoms with van der Waals surface area (Å²) in [6, 6.07) is 8.16. The molecule has 2 rings (SSSR count). The predicted molar refractivity (Wildman–Crippen MR) is 95.8 cm³/mol. The first kappa shape index (κ1) is 18.8. The number of nitriles is 1. The average Bonchev–Trinajstić information content (AvgIpc) is 3.02. The van der Waals surface area contributed by atoms with Crippen LogP contribution in [0.4, 0.5) is 0 Å². The molecule has 7 heteroatoms. The Hall–Kier alpha value is -1.52. The molecule has 0 heterocycles. The van der Waals surface area contributed by atoms with Crippen LogP contribution in [-0.4, -0.2) is 37.6 Å². The maximum atomic E-state index is 12.3. The van der Waals surface area contributed by atoms with Crippen LogP contribution >= 0.6 is 11.8 Å². The number of nitrogens with zero attached hydrogens (tertiary/aromatic N) is 1. The van der Waals surface area contributed by atoms with E-state index in [-0.39, 0.29) is 29.0 Å². The van der Waals surface area contributed by atoms with Crippen LogP contribution in [-0.2, 0) is 9.84 Å². The maximum absolute atomic E-state index is 12.3. The van der Waals surface area contributed by atoms with Crippen LogP contribution in [0, 0.1) is 11.3 Å². The van der Waals surface area contributed by atoms with Crippen molar-refractivity contribution >= 4 is 27.5 Å². The summed E-state index contributed by atoms with van der Waals surface area (Å²) in [5, 5.41) is 12.0. The van der Waals surface area contributed by atoms with E-state index in [0.717, 1.165) is 19.3 Å². The summed E-state index contributed by atoms with van der Waals surface area (Å²) in [4.78, 5) is 12.5. The third-order valence-corrected chi connectivity index (χ3v) is 7.24. The zero-order chi connectivity index (χ0) is 17.6. The number of hydrogen-bond acceptors (Lipinski definition) is 5. The van der Waals surface area contributed by atoms with Gasteiger partial charge in [-0.15, -0.1) is 0 Å². The van der Waals surface area contributed by atoms with E-state index in [1.165, 1.54) is 12.1 Å². The number of benzene rings is 1. The molecule has 0 radical (unpaired) electrons. The summed E-state index contributed by atoms with van der Waals surface area (Å²) < 4.78 is 24.3. The summed E-state index contributed by atoms with van der Waals surface area (Å²) in [6.07, 6.45) is 5.82. The van der Waals surface area contributed by atoms with Crippen molar-refractivity contribution in [3.63, 3.8) is 0 Å². The minimum atomic E-state index is -3.40. The van der Waals surface area contributed by atoms with Gasteiger partial charge in [0.25, 0.3) is 5.91 Å². The first-order valence-corrected chi connectivity index (χ1v) is 11.0. The number of sulfone groups is 1. The highest BCUT2D eigenvalue weighted by Gasteiger charge is 2.28. The first-order chi connectivity index (χ1) is 11.5. The highest BCUT2D eigenvalue weighted by atomic mass is 32.2. The van der Waals surface area contributed by atoms with E-state index in [1.54, 1.807) is 23.9 Å². The van der Waals surface area contributed by atoms with Gasteiger partial charge in [0.15, 0.2) is 9.84 Å². The van der Waals surface area contributed by atoms with Gasteiger partial charge in [-0.3, -0.25) is 4.79 Å². The second-order valence-electron chi connectivity index (χ2n) is 5.89. The molecule has 1 amide bonds. The molecule has 0 saturated heterocycles. The van der Waals surface area contributed by atoms with E-state index in [9.17, 15) is 13.2 Å². The van der Waals surface area contributed by atoms with Crippen molar-refractivity contribution < 1.29 is 13.2 Å². The average molecular weight is 367 g/mol. The van der Waals surface area contributed by atoms with Gasteiger partial charge in [0, 0.05) is 23.3 Å². The van der Waals surface area contributed by atoms with Gasteiger partial charge in [0.05, 0.1) is 16.7 Å². The minimum absolute atomic E-state index is 0.0520. The van der Waals surface area contributed by atoms with Crippen LogP contribution in [0.1, 0.15) is 42.5 Å². The molecule has 1 aromatic carbocycles. The summed E-state index contributed by atoms with van der Waals surface area (Å²) in [7, 11) is -3.40. The van der Waals surface area contributed by atoms with Gasteiger partial charge in [-0.2, -0.15) is 17.0 Å². The number of carbonyl (C=O) groups excluding carboxylic acids is 1. The van der Waals surface area contributed by atoms with Crippen LogP contribution in [0.3, 0.4) is 0 Å². The van der Waals surface area contributed by atoms with E-state index in [0.29, 0.717) is 17.2 Å². The number of unbranched alkanes of at least 4 members (excludes halogenated alkanes) is 1. The molecule has 1 aromatic rings. The van der Waals surface area contributed by atoms with Crippen molar-refractivity contribution in [2.75, 3.05) is 12.0 Å². The van der Waals surface area contributed by atoms with E-state index in [1.807, 2.05) is 6.07 Å². The molecule has 0 unspecified atom stereocenters. The van der Waals surface area contributed by atoms with Gasteiger partial charge in [0.2, 0.25) is 0 Å². The van der Waals surface area contributed by atoms with Crippen molar-refractivity contribution in [3.05, 3.63) is 29.8 Å². The molecule has 0 bridgehead atoms. The van der Waals surface area contributed by atoms with Gasteiger partial charge in [-0.05, 0) is 49.8 Å². The summed E-state index contributed by atoms with van der Waals surface area (Å²) in [5.41, 5.74) is 0.470. The Morgan fingerprint density at radius 3 is 2.67 bits per heavy atom. The van der Waals surface area contributed by atoms with Gasteiger partial charge in [-0.1, -0.05) is 6.42 Å². The topological polar surface area (TPSA) is 87.0 Å². The fourth-order valence-corrected chi connectivity index (χ4v) is 5.14. The summed E-state index contributed by atoms with van der Waals surface area (Å²) in [5.74, 6) is -0.210. The van der Waals surface area contributed by atoms with Crippen LogP contribution in [0.5, 0.6) is 0 Å². The monoisotopic (exact) mass is 366 g/mol. The van der Waals surface area contributed by atoms with Crippen LogP contribution in [0.25, 0.3) is 0 Å². The smallest absolute Gasteiger partial charge is 0.251 e. The molecule has 0 aliphatic heterocycles. The molecule has 1 aliphatic rings. The molecular formula is C17H22N2O3S2. The van der Waals surface area contributed by atoms with Gasteiger partial charge >= 0.3 is 0 Å². The number of amides is 1. The predicted octanol–water partition coefficient (Wildman–Crippen LogP) is 2.78. The lowest BCUT2D eigenvalue weighted by Crippen LogP contribution is -2.38. The zero-order valence-corrected chi connectivity index (χ0v) is 15.3. The third kappa shape index (κ3) is 4.74. The molecule has 2 atom stereocenters. The largest absolute Gasteiger partial charge is 0.348 e. The summed E-state index contributed by atoms with van der Waals surface area (Å²) >= 11 is 1.78. The van der Waals surface area contributed by atoms with Crippen molar-refractivity contribution in [2.45, 2.75) is 48.3 Å². The number of hydrogen-bond donors (Lipinski definition) is 1. The van der Waals surface area contributed by atoms with Crippen molar-refractivity contribution in [1.82, 2.24) is 5.32 Å². The van der Waals surface area contributed by atoms with E-state index < -0.39 is 9.84 Å². The Labute approximate surface area is 147 Å². The van der Waals surface area contributed by atoms with Crippen LogP contribution < -0.4 is 5.32 Å². The molecule has 1 saturated carbocycles. The van der Waals surface area contributed by atoms with Gasteiger partial charge in [0.1, 0.15) is 0 Å². The molecule has 1 N–H and O–H groups in total. The lowest BCUT2D eigenvalue weighted by molar-refractivity contribution is 0.0938. The number of thioether (sulfide) groups is 1. The molecular weight excluding hydrogens is 344 g/mol. The Bertz CT molecular complexity index is 708. The number of rotatable bonds is 7. The van der Waals surface area contributed by atoms with E-state index in [4.69, 9.17) is 5.26 Å². The molecule has 0 spiro atoms. The second kappa shape index (κ2) is 8.54. The second-order valence-corrected chi connectivity index (χ2v) is 9.08. The molecule has 130 valence electrons. The Morgan fingerprint density at radius 2 is 2.04 bits per heavy atom. The van der Waals surface area contributed by atoms with Crippen LogP contribution in [0.15, 0.2) is 29.2 Å². The number of carbonyl (C=O) groups is 1. The molecule has 24 heavy (non-hydrogen) atoms. The van der Waals surface area contributed by atoms with E-state index in [2.05, 4.69) is 11.6 Å². The molecule has 5 nitrogen and oxygen atoms in total. The lowest BCUT2D eigenvalue weighted by Gasteiger charge is -2.19. The number of nitrogens with one attached hydrogen (secondary N) is 1. The first-order valence-electron chi connectivity index (χ1n) is 8.01. The van der Waals surface area contributed by atoms with Gasteiger partial charge in [-0.25, -0.2) is 8.42 Å². The third-order valence-electron chi connectivity index (χ3n) is 4.25. The van der Waals surface area contributed by atoms with Gasteiger partial charge < -0.3 is 5.32 Å². The Balaban J connectivity index is 2.01. The highest BCUT2D eigenvalue weighted by molar-refractivity contribution is 7.99. The SMILES string of the molecule is CS[C@@H]1CCC[C@H]1NC(=O)c1ccc(S(=O)(=O)CCCC#N)cc1. The fourth-order valence-electron chi connectivity index (χ4n) is 2.90. The standard InChI is InChI=1S/C17H22N2O3S2/c1-23-16-6-4-5-15(16)19-17(20)13-7-9-14(10-8-13)24(21,22)12-3-2-11-18/h7-10,15-16H,2-6,12H2,1H3,(H,19,20)/t15-,16-/m1/s1. The molecule has 1 fully saturated rings. The Morgan fingerprint density at radius 1 is 1.33 bits per heavy atom. The minimum Gasteiger partial charge on any atom is -0.348 e.